The summed E-state index contributed by atoms with van der Waals surface area (Å²) in [6.45, 7) is 4.14. The first-order valence-electron chi connectivity index (χ1n) is 11.6. The van der Waals surface area contributed by atoms with Crippen LogP contribution in [0.5, 0.6) is 0 Å². The van der Waals surface area contributed by atoms with E-state index >= 15 is 0 Å². The van der Waals surface area contributed by atoms with Gasteiger partial charge in [0.25, 0.3) is 0 Å². The molecule has 0 saturated carbocycles. The average molecular weight is 445 g/mol. The first-order chi connectivity index (χ1) is 16.7. The molecule has 3 heteroatoms. The SMILES string of the molecule is Cc1cccc(-c2ncc(CO)n2C(c2ccccc2)(c2ccccc2)c2ccccc2)c1C. The number of aromatic nitrogens is 2. The fourth-order valence-electron chi connectivity index (χ4n) is 4.98. The lowest BCUT2D eigenvalue weighted by Crippen LogP contribution is -2.39. The van der Waals surface area contributed by atoms with Crippen molar-refractivity contribution in [2.45, 2.75) is 26.0 Å². The smallest absolute Gasteiger partial charge is 0.141 e. The van der Waals surface area contributed by atoms with Crippen LogP contribution in [-0.2, 0) is 12.1 Å². The highest BCUT2D eigenvalue weighted by atomic mass is 16.3. The quantitative estimate of drug-likeness (QED) is 0.304. The Bertz CT molecular complexity index is 1290. The van der Waals surface area contributed by atoms with Gasteiger partial charge in [-0.25, -0.2) is 4.98 Å². The Balaban J connectivity index is 1.98. The average Bonchev–Trinajstić information content (AvgIpc) is 3.32. The molecule has 0 unspecified atom stereocenters. The molecule has 168 valence electrons. The van der Waals surface area contributed by atoms with Gasteiger partial charge in [0.1, 0.15) is 11.4 Å². The summed E-state index contributed by atoms with van der Waals surface area (Å²) in [6, 6.07) is 37.8. The minimum absolute atomic E-state index is 0.119. The molecule has 0 saturated heterocycles. The number of nitrogens with zero attached hydrogens (tertiary/aromatic N) is 2. The molecule has 3 nitrogen and oxygen atoms in total. The van der Waals surface area contributed by atoms with Crippen molar-refractivity contribution in [3.05, 3.63) is 149 Å². The number of imidazole rings is 1. The third kappa shape index (κ3) is 3.46. The van der Waals surface area contributed by atoms with Crippen molar-refractivity contribution in [1.29, 1.82) is 0 Å². The molecular formula is C31H28N2O. The Morgan fingerprint density at radius 2 is 1.18 bits per heavy atom. The van der Waals surface area contributed by atoms with Crippen LogP contribution in [0.1, 0.15) is 33.5 Å². The van der Waals surface area contributed by atoms with Crippen molar-refractivity contribution in [3.8, 4) is 11.4 Å². The van der Waals surface area contributed by atoms with Crippen molar-refractivity contribution >= 4 is 0 Å². The van der Waals surface area contributed by atoms with Gasteiger partial charge in [0.05, 0.1) is 18.5 Å². The van der Waals surface area contributed by atoms with Crippen LogP contribution >= 0.6 is 0 Å². The van der Waals surface area contributed by atoms with Gasteiger partial charge in [-0.3, -0.25) is 0 Å². The van der Waals surface area contributed by atoms with Crippen molar-refractivity contribution in [1.82, 2.24) is 9.55 Å². The zero-order chi connectivity index (χ0) is 23.5. The molecule has 0 atom stereocenters. The maximum absolute atomic E-state index is 10.5. The zero-order valence-electron chi connectivity index (χ0n) is 19.5. The summed E-state index contributed by atoms with van der Waals surface area (Å²) in [4.78, 5) is 4.90. The van der Waals surface area contributed by atoms with Crippen molar-refractivity contribution < 1.29 is 5.11 Å². The third-order valence-electron chi connectivity index (χ3n) is 6.75. The summed E-state index contributed by atoms with van der Waals surface area (Å²) >= 11 is 0. The number of aryl methyl sites for hydroxylation is 1. The summed E-state index contributed by atoms with van der Waals surface area (Å²) in [7, 11) is 0. The van der Waals surface area contributed by atoms with E-state index in [2.05, 4.69) is 109 Å². The van der Waals surface area contributed by atoms with E-state index in [1.54, 1.807) is 6.20 Å². The Morgan fingerprint density at radius 3 is 1.65 bits per heavy atom. The van der Waals surface area contributed by atoms with E-state index < -0.39 is 5.54 Å². The van der Waals surface area contributed by atoms with Crippen molar-refractivity contribution in [3.63, 3.8) is 0 Å². The van der Waals surface area contributed by atoms with Gasteiger partial charge in [0, 0.05) is 5.56 Å². The molecule has 0 aliphatic rings. The minimum atomic E-state index is -0.732. The Morgan fingerprint density at radius 1 is 0.676 bits per heavy atom. The lowest BCUT2D eigenvalue weighted by Gasteiger charge is -2.40. The van der Waals surface area contributed by atoms with Gasteiger partial charge in [-0.15, -0.1) is 0 Å². The number of hydrogen-bond acceptors (Lipinski definition) is 2. The molecule has 0 spiro atoms. The van der Waals surface area contributed by atoms with Crippen LogP contribution in [0.3, 0.4) is 0 Å². The van der Waals surface area contributed by atoms with Gasteiger partial charge in [-0.2, -0.15) is 0 Å². The third-order valence-corrected chi connectivity index (χ3v) is 6.75. The topological polar surface area (TPSA) is 38.1 Å². The highest BCUT2D eigenvalue weighted by molar-refractivity contribution is 5.66. The summed E-state index contributed by atoms with van der Waals surface area (Å²) in [6.07, 6.45) is 1.81. The summed E-state index contributed by atoms with van der Waals surface area (Å²) < 4.78 is 2.23. The monoisotopic (exact) mass is 444 g/mol. The standard InChI is InChI=1S/C31H28N2O/c1-23-13-12-20-29(24(23)2)30-32-21-28(22-34)33(30)31(25-14-6-3-7-15-25,26-16-8-4-9-17-26)27-18-10-5-11-19-27/h3-21,34H,22H2,1-2H3. The number of hydrogen-bond donors (Lipinski definition) is 1. The fourth-order valence-corrected chi connectivity index (χ4v) is 4.98. The van der Waals surface area contributed by atoms with Gasteiger partial charge < -0.3 is 9.67 Å². The molecule has 0 aliphatic carbocycles. The molecule has 0 bridgehead atoms. The van der Waals surface area contributed by atoms with Gasteiger partial charge in [-0.1, -0.05) is 109 Å². The first-order valence-corrected chi connectivity index (χ1v) is 11.6. The van der Waals surface area contributed by atoms with Crippen LogP contribution in [0.15, 0.2) is 115 Å². The van der Waals surface area contributed by atoms with Gasteiger partial charge in [0.2, 0.25) is 0 Å². The number of aliphatic hydroxyl groups excluding tert-OH is 1. The Labute approximate surface area is 201 Å². The maximum atomic E-state index is 10.5. The molecule has 0 amide bonds. The van der Waals surface area contributed by atoms with E-state index in [4.69, 9.17) is 4.98 Å². The van der Waals surface area contributed by atoms with Crippen LogP contribution < -0.4 is 0 Å². The predicted molar refractivity (Wildman–Crippen MR) is 138 cm³/mol. The predicted octanol–water partition coefficient (Wildman–Crippen LogP) is 6.50. The van der Waals surface area contributed by atoms with Crippen LogP contribution in [0.2, 0.25) is 0 Å². The number of aliphatic hydroxyl groups is 1. The lowest BCUT2D eigenvalue weighted by molar-refractivity contribution is 0.265. The fraction of sp³-hybridized carbons (Fsp3) is 0.129. The lowest BCUT2D eigenvalue weighted by atomic mass is 9.76. The van der Waals surface area contributed by atoms with E-state index in [9.17, 15) is 5.11 Å². The van der Waals surface area contributed by atoms with Gasteiger partial charge in [0.15, 0.2) is 0 Å². The Hall–Kier alpha value is -3.95. The van der Waals surface area contributed by atoms with E-state index in [1.807, 2.05) is 18.2 Å². The van der Waals surface area contributed by atoms with Crippen molar-refractivity contribution in [2.75, 3.05) is 0 Å². The second-order valence-electron chi connectivity index (χ2n) is 8.62. The van der Waals surface area contributed by atoms with Gasteiger partial charge >= 0.3 is 0 Å². The van der Waals surface area contributed by atoms with Crippen LogP contribution in [0, 0.1) is 13.8 Å². The van der Waals surface area contributed by atoms with Crippen LogP contribution in [-0.4, -0.2) is 14.7 Å². The molecule has 1 aromatic heterocycles. The highest BCUT2D eigenvalue weighted by Gasteiger charge is 2.41. The molecule has 1 heterocycles. The van der Waals surface area contributed by atoms with E-state index in [0.29, 0.717) is 0 Å². The molecule has 0 aliphatic heterocycles. The molecule has 4 aromatic carbocycles. The normalized spacial score (nSPS) is 11.5. The highest BCUT2D eigenvalue weighted by Crippen LogP contribution is 2.44. The molecule has 5 rings (SSSR count). The second-order valence-corrected chi connectivity index (χ2v) is 8.62. The molecule has 5 aromatic rings. The number of rotatable bonds is 6. The maximum Gasteiger partial charge on any atom is 0.141 e. The molecule has 0 radical (unpaired) electrons. The van der Waals surface area contributed by atoms with Crippen molar-refractivity contribution in [2.24, 2.45) is 0 Å². The zero-order valence-corrected chi connectivity index (χ0v) is 19.5. The molecular weight excluding hydrogens is 416 g/mol. The molecule has 1 N–H and O–H groups in total. The molecule has 34 heavy (non-hydrogen) atoms. The molecule has 0 fully saturated rings. The summed E-state index contributed by atoms with van der Waals surface area (Å²) in [5.74, 6) is 0.835. The van der Waals surface area contributed by atoms with E-state index in [-0.39, 0.29) is 6.61 Å². The largest absolute Gasteiger partial charge is 0.390 e. The van der Waals surface area contributed by atoms with Gasteiger partial charge in [-0.05, 0) is 41.7 Å². The van der Waals surface area contributed by atoms with Crippen LogP contribution in [0.25, 0.3) is 11.4 Å². The number of benzene rings is 4. The first kappa shape index (κ1) is 21.9. The van der Waals surface area contributed by atoms with E-state index in [0.717, 1.165) is 33.8 Å². The Kier molecular flexibility index (Phi) is 5.87. The van der Waals surface area contributed by atoms with E-state index in [1.165, 1.54) is 11.1 Å². The second kappa shape index (κ2) is 9.12. The van der Waals surface area contributed by atoms with Crippen LogP contribution in [0.4, 0.5) is 0 Å². The summed E-state index contributed by atoms with van der Waals surface area (Å²) in [5.41, 5.74) is 6.79. The summed E-state index contributed by atoms with van der Waals surface area (Å²) in [5, 5.41) is 10.5. The minimum Gasteiger partial charge on any atom is -0.390 e.